The summed E-state index contributed by atoms with van der Waals surface area (Å²) < 4.78 is 5.22. The van der Waals surface area contributed by atoms with Crippen LogP contribution in [0.3, 0.4) is 0 Å². The Balaban J connectivity index is 2.25. The normalized spacial score (nSPS) is 24.8. The van der Waals surface area contributed by atoms with Crippen LogP contribution >= 0.6 is 0 Å². The minimum Gasteiger partial charge on any atom is -0.497 e. The summed E-state index contributed by atoms with van der Waals surface area (Å²) in [6, 6.07) is 5.25. The third-order valence-electron chi connectivity index (χ3n) is 4.45. The Hall–Kier alpha value is -2.37. The SMILES string of the molecule is COc1ccc2c(c1)[C@]1(CC(=O)N(C)C1=O)CC(=O)N2C. The second-order valence-electron chi connectivity index (χ2n) is 5.53. The van der Waals surface area contributed by atoms with Crippen LogP contribution in [0.15, 0.2) is 18.2 Å². The largest absolute Gasteiger partial charge is 0.497 e. The fourth-order valence-electron chi connectivity index (χ4n) is 3.16. The Bertz CT molecular complexity index is 670. The molecular weight excluding hydrogens is 272 g/mol. The number of methoxy groups -OCH3 is 1. The van der Waals surface area contributed by atoms with Crippen LogP contribution < -0.4 is 9.64 Å². The van der Waals surface area contributed by atoms with Gasteiger partial charge in [-0.05, 0) is 23.8 Å². The van der Waals surface area contributed by atoms with Crippen LogP contribution in [0.5, 0.6) is 5.75 Å². The van der Waals surface area contributed by atoms with Crippen LogP contribution in [-0.2, 0) is 19.8 Å². The number of imide groups is 1. The van der Waals surface area contributed by atoms with E-state index in [1.54, 1.807) is 32.4 Å². The predicted octanol–water partition coefficient (Wildman–Crippen LogP) is 0.688. The summed E-state index contributed by atoms with van der Waals surface area (Å²) in [6.45, 7) is 0. The maximum atomic E-state index is 12.6. The number of rotatable bonds is 1. The number of ether oxygens (including phenoxy) is 1. The number of fused-ring (bicyclic) bond motifs is 2. The quantitative estimate of drug-likeness (QED) is 0.713. The molecule has 1 atom stereocenters. The van der Waals surface area contributed by atoms with Crippen molar-refractivity contribution in [2.75, 3.05) is 26.1 Å². The minimum absolute atomic E-state index is 0.0125. The highest BCUT2D eigenvalue weighted by molar-refractivity contribution is 6.14. The van der Waals surface area contributed by atoms with Gasteiger partial charge in [-0.1, -0.05) is 0 Å². The monoisotopic (exact) mass is 288 g/mol. The van der Waals surface area contributed by atoms with Gasteiger partial charge in [-0.25, -0.2) is 0 Å². The lowest BCUT2D eigenvalue weighted by atomic mass is 9.72. The third-order valence-corrected chi connectivity index (χ3v) is 4.45. The molecule has 21 heavy (non-hydrogen) atoms. The van der Waals surface area contributed by atoms with Gasteiger partial charge in [0.1, 0.15) is 5.75 Å². The van der Waals surface area contributed by atoms with Crippen LogP contribution in [-0.4, -0.2) is 43.8 Å². The van der Waals surface area contributed by atoms with Crippen molar-refractivity contribution < 1.29 is 19.1 Å². The summed E-state index contributed by atoms with van der Waals surface area (Å²) in [5.41, 5.74) is 0.259. The molecule has 0 unspecified atom stereocenters. The van der Waals surface area contributed by atoms with Crippen molar-refractivity contribution in [3.8, 4) is 5.75 Å². The molecular formula is C15H16N2O4. The number of amides is 3. The summed E-state index contributed by atoms with van der Waals surface area (Å²) in [5, 5.41) is 0. The van der Waals surface area contributed by atoms with E-state index in [0.717, 1.165) is 4.90 Å². The van der Waals surface area contributed by atoms with Crippen molar-refractivity contribution in [2.24, 2.45) is 0 Å². The number of likely N-dealkylation sites (N-methyl/N-ethyl adjacent to an activating group) is 1. The lowest BCUT2D eigenvalue weighted by Gasteiger charge is -2.37. The van der Waals surface area contributed by atoms with Crippen molar-refractivity contribution in [3.05, 3.63) is 23.8 Å². The smallest absolute Gasteiger partial charge is 0.240 e. The number of benzene rings is 1. The molecule has 1 aromatic carbocycles. The van der Waals surface area contributed by atoms with Crippen LogP contribution in [0.1, 0.15) is 18.4 Å². The number of hydrogen-bond acceptors (Lipinski definition) is 4. The molecule has 0 bridgehead atoms. The van der Waals surface area contributed by atoms with Crippen LogP contribution in [0, 0.1) is 0 Å². The highest BCUT2D eigenvalue weighted by atomic mass is 16.5. The maximum Gasteiger partial charge on any atom is 0.240 e. The number of nitrogens with zero attached hydrogens (tertiary/aromatic N) is 2. The molecule has 2 aliphatic heterocycles. The molecule has 6 nitrogen and oxygen atoms in total. The molecule has 6 heteroatoms. The van der Waals surface area contributed by atoms with Gasteiger partial charge in [0.15, 0.2) is 0 Å². The van der Waals surface area contributed by atoms with Gasteiger partial charge < -0.3 is 9.64 Å². The molecule has 0 N–H and O–H groups in total. The fraction of sp³-hybridized carbons (Fsp3) is 0.400. The Morgan fingerprint density at radius 1 is 1.05 bits per heavy atom. The zero-order valence-electron chi connectivity index (χ0n) is 12.2. The zero-order valence-corrected chi connectivity index (χ0v) is 12.2. The van der Waals surface area contributed by atoms with Crippen molar-refractivity contribution in [1.82, 2.24) is 4.90 Å². The van der Waals surface area contributed by atoms with Gasteiger partial charge in [0.25, 0.3) is 0 Å². The molecule has 1 fully saturated rings. The number of hydrogen-bond donors (Lipinski definition) is 0. The number of carbonyl (C=O) groups is 3. The molecule has 1 spiro atoms. The second kappa shape index (κ2) is 4.31. The topological polar surface area (TPSA) is 66.9 Å². The number of anilines is 1. The van der Waals surface area contributed by atoms with E-state index >= 15 is 0 Å². The van der Waals surface area contributed by atoms with E-state index in [2.05, 4.69) is 0 Å². The fourth-order valence-corrected chi connectivity index (χ4v) is 3.16. The molecule has 2 heterocycles. The maximum absolute atomic E-state index is 12.6. The molecule has 0 aliphatic carbocycles. The Morgan fingerprint density at radius 3 is 2.24 bits per heavy atom. The van der Waals surface area contributed by atoms with Gasteiger partial charge in [-0.2, -0.15) is 0 Å². The van der Waals surface area contributed by atoms with Crippen LogP contribution in [0.2, 0.25) is 0 Å². The second-order valence-corrected chi connectivity index (χ2v) is 5.53. The molecule has 1 saturated heterocycles. The molecule has 110 valence electrons. The first kappa shape index (κ1) is 13.6. The molecule has 3 amide bonds. The Morgan fingerprint density at radius 2 is 1.67 bits per heavy atom. The van der Waals surface area contributed by atoms with Gasteiger partial charge in [0, 0.05) is 32.6 Å². The first-order valence-corrected chi connectivity index (χ1v) is 6.67. The van der Waals surface area contributed by atoms with Gasteiger partial charge in [-0.15, -0.1) is 0 Å². The van der Waals surface area contributed by atoms with Crippen LogP contribution in [0.4, 0.5) is 5.69 Å². The van der Waals surface area contributed by atoms with E-state index in [0.29, 0.717) is 17.0 Å². The van der Waals surface area contributed by atoms with Crippen LogP contribution in [0.25, 0.3) is 0 Å². The number of carbonyl (C=O) groups excluding carboxylic acids is 3. The van der Waals surface area contributed by atoms with Gasteiger partial charge in [0.05, 0.1) is 12.5 Å². The highest BCUT2D eigenvalue weighted by Crippen LogP contribution is 2.47. The lowest BCUT2D eigenvalue weighted by Crippen LogP contribution is -2.46. The summed E-state index contributed by atoms with van der Waals surface area (Å²) in [6.07, 6.45) is 0.0423. The highest BCUT2D eigenvalue weighted by Gasteiger charge is 2.56. The number of likely N-dealkylation sites (tertiary alicyclic amines) is 1. The third kappa shape index (κ3) is 1.68. The average molecular weight is 288 g/mol. The van der Waals surface area contributed by atoms with Crippen molar-refractivity contribution in [3.63, 3.8) is 0 Å². The average Bonchev–Trinajstić information content (AvgIpc) is 2.69. The molecule has 0 saturated carbocycles. The Kier molecular flexibility index (Phi) is 2.79. The summed E-state index contributed by atoms with van der Waals surface area (Å²) in [7, 11) is 4.67. The molecule has 2 aliphatic rings. The van der Waals surface area contributed by atoms with E-state index in [1.165, 1.54) is 11.9 Å². The van der Waals surface area contributed by atoms with Crippen molar-refractivity contribution >= 4 is 23.4 Å². The minimum atomic E-state index is -1.08. The molecule has 0 aromatic heterocycles. The van der Waals surface area contributed by atoms with E-state index in [1.807, 2.05) is 0 Å². The van der Waals surface area contributed by atoms with Gasteiger partial charge in [-0.3, -0.25) is 19.3 Å². The Labute approximate surface area is 122 Å². The molecule has 1 aromatic rings. The van der Waals surface area contributed by atoms with Crippen molar-refractivity contribution in [1.29, 1.82) is 0 Å². The standard InChI is InChI=1S/C15H16N2O4/c1-16-11-5-4-9(21-3)6-10(11)15(7-12(16)18)8-13(19)17(2)14(15)20/h4-6H,7-8H2,1-3H3/t15-/m1/s1. The first-order valence-electron chi connectivity index (χ1n) is 6.67. The summed E-state index contributed by atoms with van der Waals surface area (Å²) in [4.78, 5) is 39.4. The summed E-state index contributed by atoms with van der Waals surface area (Å²) in [5.74, 6) is -0.135. The predicted molar refractivity (Wildman–Crippen MR) is 75.1 cm³/mol. The van der Waals surface area contributed by atoms with E-state index < -0.39 is 5.41 Å². The van der Waals surface area contributed by atoms with Gasteiger partial charge in [0.2, 0.25) is 17.7 Å². The lowest BCUT2D eigenvalue weighted by molar-refractivity contribution is -0.139. The van der Waals surface area contributed by atoms with Crippen molar-refractivity contribution in [2.45, 2.75) is 18.3 Å². The van der Waals surface area contributed by atoms with E-state index in [9.17, 15) is 14.4 Å². The van der Waals surface area contributed by atoms with Gasteiger partial charge >= 0.3 is 0 Å². The summed E-state index contributed by atoms with van der Waals surface area (Å²) >= 11 is 0. The molecule has 3 rings (SSSR count). The zero-order chi connectivity index (χ0) is 15.4. The van der Waals surface area contributed by atoms with E-state index in [-0.39, 0.29) is 30.6 Å². The first-order chi connectivity index (χ1) is 9.90. The van der Waals surface area contributed by atoms with E-state index in [4.69, 9.17) is 4.74 Å². The molecule has 0 radical (unpaired) electrons.